The predicted octanol–water partition coefficient (Wildman–Crippen LogP) is 16.4. The summed E-state index contributed by atoms with van der Waals surface area (Å²) in [7, 11) is 0. The van der Waals surface area contributed by atoms with Crippen LogP contribution in [0.5, 0.6) is 0 Å². The van der Waals surface area contributed by atoms with Crippen molar-refractivity contribution in [3.8, 4) is 78.7 Å². The van der Waals surface area contributed by atoms with Crippen LogP contribution in [0.3, 0.4) is 0 Å². The fourth-order valence-electron chi connectivity index (χ4n) is 10.2. The van der Waals surface area contributed by atoms with Gasteiger partial charge >= 0.3 is 0 Å². The molecule has 0 bridgehead atoms. The highest BCUT2D eigenvalue weighted by Gasteiger charge is 2.36. The molecule has 306 valence electrons. The van der Waals surface area contributed by atoms with Crippen LogP contribution in [0.25, 0.3) is 121 Å². The van der Waals surface area contributed by atoms with Gasteiger partial charge in [-0.1, -0.05) is 172 Å². The lowest BCUT2D eigenvalue weighted by molar-refractivity contribution is 0.660. The maximum atomic E-state index is 6.62. The molecule has 0 unspecified atom stereocenters. The molecule has 3 aromatic heterocycles. The number of nitrogens with zero attached hydrogens (tertiary/aromatic N) is 3. The van der Waals surface area contributed by atoms with E-state index in [0.717, 1.165) is 66.3 Å². The number of furan rings is 1. The maximum absolute atomic E-state index is 6.62. The van der Waals surface area contributed by atoms with Gasteiger partial charge in [-0.2, -0.15) is 0 Å². The Labute approximate surface area is 380 Å². The fraction of sp³-hybridized carbons (Fsp3) is 0.0500. The SMILES string of the molecule is CC1(C)c2ccccc2-c2c(-c3cccc(-c4ccc5oc6cccc(-c7nc(-c8cccc(-c9ccccc9)c8)nc(-c8cccc9sc%10ccccc%10c89)n7)c6c5c4)c3)cccc21. The van der Waals surface area contributed by atoms with Gasteiger partial charge in [-0.3, -0.25) is 0 Å². The quantitative estimate of drug-likeness (QED) is 0.167. The molecule has 1 aliphatic carbocycles. The number of rotatable bonds is 6. The molecule has 0 radical (unpaired) electrons. The van der Waals surface area contributed by atoms with E-state index in [1.165, 1.54) is 48.2 Å². The average Bonchev–Trinajstić information content (AvgIpc) is 4.01. The Bertz CT molecular complexity index is 3880. The van der Waals surface area contributed by atoms with Crippen LogP contribution in [0.1, 0.15) is 25.0 Å². The van der Waals surface area contributed by atoms with E-state index in [4.69, 9.17) is 19.4 Å². The van der Waals surface area contributed by atoms with Gasteiger partial charge in [0.2, 0.25) is 0 Å². The largest absolute Gasteiger partial charge is 0.456 e. The molecule has 0 saturated carbocycles. The minimum atomic E-state index is -0.0670. The molecule has 0 saturated heterocycles. The standard InChI is InChI=1S/C60H39N3OS/c1-60(2)48-26-8-6-21-43(48)54-42(23-12-27-49(54)60)40-19-10-18-38(33-40)39-31-32-50-47(35-39)55-45(24-13-28-51(55)64-50)58-61-57(41-20-11-17-37(34-41)36-15-4-3-5-16-36)62-59(63-58)46-25-14-30-53-56(46)44-22-7-9-29-52(44)65-53/h3-35H,1-2H3. The fourth-order valence-corrected chi connectivity index (χ4v) is 11.4. The summed E-state index contributed by atoms with van der Waals surface area (Å²) in [5.74, 6) is 1.83. The molecule has 0 N–H and O–H groups in total. The minimum Gasteiger partial charge on any atom is -0.456 e. The summed E-state index contributed by atoms with van der Waals surface area (Å²) in [5, 5.41) is 4.33. The van der Waals surface area contributed by atoms with Crippen molar-refractivity contribution in [2.75, 3.05) is 0 Å². The van der Waals surface area contributed by atoms with E-state index >= 15 is 0 Å². The molecule has 0 spiro atoms. The van der Waals surface area contributed by atoms with E-state index in [2.05, 4.69) is 196 Å². The molecule has 3 heterocycles. The van der Waals surface area contributed by atoms with E-state index in [1.54, 1.807) is 11.3 Å². The highest BCUT2D eigenvalue weighted by atomic mass is 32.1. The normalized spacial score (nSPS) is 12.9. The zero-order valence-electron chi connectivity index (χ0n) is 35.7. The van der Waals surface area contributed by atoms with Gasteiger partial charge in [0.15, 0.2) is 17.5 Å². The second-order valence-electron chi connectivity index (χ2n) is 17.5. The van der Waals surface area contributed by atoms with Gasteiger partial charge in [0.05, 0.1) is 0 Å². The van der Waals surface area contributed by atoms with Crippen molar-refractivity contribution in [1.29, 1.82) is 0 Å². The van der Waals surface area contributed by atoms with E-state index in [9.17, 15) is 0 Å². The topological polar surface area (TPSA) is 51.8 Å². The smallest absolute Gasteiger partial charge is 0.164 e. The van der Waals surface area contributed by atoms with Crippen LogP contribution in [0.2, 0.25) is 0 Å². The van der Waals surface area contributed by atoms with Gasteiger partial charge in [-0.25, -0.2) is 15.0 Å². The Morgan fingerprint density at radius 3 is 1.80 bits per heavy atom. The zero-order valence-corrected chi connectivity index (χ0v) is 36.5. The molecule has 13 rings (SSSR count). The van der Waals surface area contributed by atoms with Gasteiger partial charge in [-0.15, -0.1) is 11.3 Å². The van der Waals surface area contributed by atoms with Crippen molar-refractivity contribution in [3.63, 3.8) is 0 Å². The molecule has 5 heteroatoms. The Kier molecular flexibility index (Phi) is 8.39. The van der Waals surface area contributed by atoms with Crippen molar-refractivity contribution in [2.45, 2.75) is 19.3 Å². The van der Waals surface area contributed by atoms with Crippen molar-refractivity contribution >= 4 is 53.4 Å². The summed E-state index contributed by atoms with van der Waals surface area (Å²) in [6.07, 6.45) is 0. The van der Waals surface area contributed by atoms with Gasteiger partial charge < -0.3 is 4.42 Å². The van der Waals surface area contributed by atoms with Gasteiger partial charge in [0, 0.05) is 53.1 Å². The van der Waals surface area contributed by atoms with E-state index in [1.807, 2.05) is 18.2 Å². The summed E-state index contributed by atoms with van der Waals surface area (Å²) in [6.45, 7) is 4.68. The third-order valence-corrected chi connectivity index (χ3v) is 14.5. The first-order valence-corrected chi connectivity index (χ1v) is 22.9. The number of benzene rings is 9. The summed E-state index contributed by atoms with van der Waals surface area (Å²) in [6, 6.07) is 71.3. The molecule has 4 nitrogen and oxygen atoms in total. The second kappa shape index (κ2) is 14.5. The third-order valence-electron chi connectivity index (χ3n) is 13.4. The molecule has 0 amide bonds. The van der Waals surface area contributed by atoms with Crippen LogP contribution >= 0.6 is 11.3 Å². The third kappa shape index (κ3) is 6.00. The van der Waals surface area contributed by atoms with Gasteiger partial charge in [0.25, 0.3) is 0 Å². The first kappa shape index (κ1) is 37.6. The number of aromatic nitrogens is 3. The van der Waals surface area contributed by atoms with Crippen LogP contribution in [0.15, 0.2) is 205 Å². The molecule has 0 fully saturated rings. The van der Waals surface area contributed by atoms with Crippen molar-refractivity contribution < 1.29 is 4.42 Å². The number of hydrogen-bond acceptors (Lipinski definition) is 5. The van der Waals surface area contributed by atoms with Crippen LogP contribution in [0, 0.1) is 0 Å². The summed E-state index contributed by atoms with van der Waals surface area (Å²) in [5.41, 5.74) is 16.6. The van der Waals surface area contributed by atoms with Crippen LogP contribution in [-0.4, -0.2) is 15.0 Å². The molecule has 65 heavy (non-hydrogen) atoms. The lowest BCUT2D eigenvalue weighted by atomic mass is 9.82. The molecular weight excluding hydrogens is 811 g/mol. The Hall–Kier alpha value is -7.99. The minimum absolute atomic E-state index is 0.0670. The van der Waals surface area contributed by atoms with Crippen molar-refractivity contribution in [3.05, 3.63) is 211 Å². The lowest BCUT2D eigenvalue weighted by Crippen LogP contribution is -2.14. The predicted molar refractivity (Wildman–Crippen MR) is 270 cm³/mol. The molecule has 9 aromatic carbocycles. The van der Waals surface area contributed by atoms with E-state index in [-0.39, 0.29) is 5.41 Å². The first-order chi connectivity index (χ1) is 32.0. The molecule has 0 atom stereocenters. The first-order valence-electron chi connectivity index (χ1n) is 22.1. The number of hydrogen-bond donors (Lipinski definition) is 0. The maximum Gasteiger partial charge on any atom is 0.164 e. The number of fused-ring (bicyclic) bond motifs is 9. The van der Waals surface area contributed by atoms with E-state index < -0.39 is 0 Å². The summed E-state index contributed by atoms with van der Waals surface area (Å²) >= 11 is 1.79. The number of thiophene rings is 1. The van der Waals surface area contributed by atoms with Crippen molar-refractivity contribution in [1.82, 2.24) is 15.0 Å². The zero-order chi connectivity index (χ0) is 43.2. The van der Waals surface area contributed by atoms with Crippen LogP contribution in [-0.2, 0) is 5.41 Å². The average molecular weight is 850 g/mol. The Morgan fingerprint density at radius 2 is 0.938 bits per heavy atom. The Morgan fingerprint density at radius 1 is 0.369 bits per heavy atom. The monoisotopic (exact) mass is 849 g/mol. The molecular formula is C60H39N3OS. The summed E-state index contributed by atoms with van der Waals surface area (Å²) < 4.78 is 9.05. The van der Waals surface area contributed by atoms with Crippen LogP contribution < -0.4 is 0 Å². The van der Waals surface area contributed by atoms with Crippen LogP contribution in [0.4, 0.5) is 0 Å². The second-order valence-corrected chi connectivity index (χ2v) is 18.6. The molecule has 12 aromatic rings. The molecule has 0 aliphatic heterocycles. The molecule has 1 aliphatic rings. The van der Waals surface area contributed by atoms with E-state index in [0.29, 0.717) is 17.5 Å². The Balaban J connectivity index is 0.987. The highest BCUT2D eigenvalue weighted by molar-refractivity contribution is 7.25. The van der Waals surface area contributed by atoms with Crippen molar-refractivity contribution in [2.24, 2.45) is 0 Å². The van der Waals surface area contributed by atoms with Gasteiger partial charge in [-0.05, 0) is 98.1 Å². The summed E-state index contributed by atoms with van der Waals surface area (Å²) in [4.78, 5) is 16.0. The van der Waals surface area contributed by atoms with Gasteiger partial charge in [0.1, 0.15) is 11.2 Å². The lowest BCUT2D eigenvalue weighted by Gasteiger charge is -2.21. The highest BCUT2D eigenvalue weighted by Crippen LogP contribution is 2.52.